The number of anilines is 3. The van der Waals surface area contributed by atoms with Crippen molar-refractivity contribution in [2.24, 2.45) is 0 Å². The number of carbonyl (C=O) groups is 1. The molecule has 6 nitrogen and oxygen atoms in total. The number of ether oxygens (including phenoxy) is 1. The highest BCUT2D eigenvalue weighted by Crippen LogP contribution is 2.25. The molecule has 0 aliphatic heterocycles. The van der Waals surface area contributed by atoms with E-state index in [0.29, 0.717) is 11.4 Å². The first-order valence-corrected chi connectivity index (χ1v) is 7.56. The van der Waals surface area contributed by atoms with Crippen molar-refractivity contribution in [3.8, 4) is 5.75 Å². The number of para-hydroxylation sites is 3. The molecular formula is C18H14F2N4O2. The number of methoxy groups -OCH3 is 1. The Morgan fingerprint density at radius 2 is 1.65 bits per heavy atom. The van der Waals surface area contributed by atoms with Gasteiger partial charge in [-0.05, 0) is 24.3 Å². The monoisotopic (exact) mass is 356 g/mol. The van der Waals surface area contributed by atoms with Gasteiger partial charge in [-0.25, -0.2) is 18.7 Å². The van der Waals surface area contributed by atoms with Crippen LogP contribution in [0.1, 0.15) is 10.4 Å². The summed E-state index contributed by atoms with van der Waals surface area (Å²) in [7, 11) is 1.54. The van der Waals surface area contributed by atoms with Crippen molar-refractivity contribution in [1.29, 1.82) is 0 Å². The summed E-state index contributed by atoms with van der Waals surface area (Å²) in [5, 5.41) is 5.13. The quantitative estimate of drug-likeness (QED) is 0.728. The summed E-state index contributed by atoms with van der Waals surface area (Å²) in [6.45, 7) is 0. The molecule has 0 radical (unpaired) electrons. The standard InChI is InChI=1S/C18H14F2N4O2/c1-26-15-8-3-2-7-14(15)23-18-21-9-11(10-22-18)17(25)24-16-12(19)5-4-6-13(16)20/h2-10H,1H3,(H,24,25)(H,21,22,23). The van der Waals surface area contributed by atoms with Crippen molar-refractivity contribution >= 4 is 23.2 Å². The number of benzene rings is 2. The lowest BCUT2D eigenvalue weighted by Gasteiger charge is -2.10. The maximum Gasteiger partial charge on any atom is 0.258 e. The molecule has 0 saturated heterocycles. The topological polar surface area (TPSA) is 76.1 Å². The minimum absolute atomic E-state index is 0.0539. The third-order valence-corrected chi connectivity index (χ3v) is 3.47. The summed E-state index contributed by atoms with van der Waals surface area (Å²) in [5.41, 5.74) is 0.188. The summed E-state index contributed by atoms with van der Waals surface area (Å²) in [6.07, 6.45) is 2.50. The molecule has 0 fully saturated rings. The number of hydrogen-bond donors (Lipinski definition) is 2. The lowest BCUT2D eigenvalue weighted by molar-refractivity contribution is 0.102. The van der Waals surface area contributed by atoms with Crippen LogP contribution < -0.4 is 15.4 Å². The fourth-order valence-corrected chi connectivity index (χ4v) is 2.18. The largest absolute Gasteiger partial charge is 0.495 e. The summed E-state index contributed by atoms with van der Waals surface area (Å²) in [6, 6.07) is 10.5. The molecule has 1 aromatic heterocycles. The van der Waals surface area contributed by atoms with Gasteiger partial charge in [0.05, 0.1) is 18.4 Å². The zero-order valence-corrected chi connectivity index (χ0v) is 13.7. The zero-order valence-electron chi connectivity index (χ0n) is 13.7. The second-order valence-corrected chi connectivity index (χ2v) is 5.17. The molecule has 1 heterocycles. The smallest absolute Gasteiger partial charge is 0.258 e. The van der Waals surface area contributed by atoms with Crippen LogP contribution in [0.2, 0.25) is 0 Å². The average molecular weight is 356 g/mol. The van der Waals surface area contributed by atoms with Crippen LogP contribution in [-0.2, 0) is 0 Å². The predicted octanol–water partition coefficient (Wildman–Crippen LogP) is 3.76. The average Bonchev–Trinajstić information content (AvgIpc) is 2.66. The van der Waals surface area contributed by atoms with E-state index in [-0.39, 0.29) is 11.5 Å². The van der Waals surface area contributed by atoms with Crippen LogP contribution in [0, 0.1) is 11.6 Å². The van der Waals surface area contributed by atoms with E-state index in [0.717, 1.165) is 12.1 Å². The van der Waals surface area contributed by atoms with E-state index in [4.69, 9.17) is 4.74 Å². The van der Waals surface area contributed by atoms with Crippen LogP contribution in [0.4, 0.5) is 26.1 Å². The Morgan fingerprint density at radius 1 is 1.00 bits per heavy atom. The van der Waals surface area contributed by atoms with Crippen LogP contribution in [-0.4, -0.2) is 23.0 Å². The minimum Gasteiger partial charge on any atom is -0.495 e. The van der Waals surface area contributed by atoms with E-state index in [2.05, 4.69) is 20.6 Å². The van der Waals surface area contributed by atoms with Crippen LogP contribution in [0.3, 0.4) is 0 Å². The van der Waals surface area contributed by atoms with Crippen molar-refractivity contribution in [3.05, 3.63) is 72.1 Å². The number of hydrogen-bond acceptors (Lipinski definition) is 5. The molecule has 0 unspecified atom stereocenters. The van der Waals surface area contributed by atoms with E-state index in [9.17, 15) is 13.6 Å². The second-order valence-electron chi connectivity index (χ2n) is 5.17. The maximum absolute atomic E-state index is 13.6. The molecular weight excluding hydrogens is 342 g/mol. The predicted molar refractivity (Wildman–Crippen MR) is 92.6 cm³/mol. The van der Waals surface area contributed by atoms with Gasteiger partial charge in [0, 0.05) is 12.4 Å². The van der Waals surface area contributed by atoms with Crippen molar-refractivity contribution < 1.29 is 18.3 Å². The number of halogens is 2. The van der Waals surface area contributed by atoms with E-state index in [1.807, 2.05) is 12.1 Å². The molecule has 0 saturated carbocycles. The lowest BCUT2D eigenvalue weighted by Crippen LogP contribution is -2.15. The number of nitrogens with zero attached hydrogens (tertiary/aromatic N) is 2. The number of carbonyl (C=O) groups excluding carboxylic acids is 1. The fourth-order valence-electron chi connectivity index (χ4n) is 2.18. The Kier molecular flexibility index (Phi) is 5.02. The summed E-state index contributed by atoms with van der Waals surface area (Å²) in [4.78, 5) is 20.2. The van der Waals surface area contributed by atoms with Crippen LogP contribution >= 0.6 is 0 Å². The van der Waals surface area contributed by atoms with Crippen LogP contribution in [0.5, 0.6) is 5.75 Å². The number of aromatic nitrogens is 2. The molecule has 1 amide bonds. The summed E-state index contributed by atoms with van der Waals surface area (Å²) >= 11 is 0. The fraction of sp³-hybridized carbons (Fsp3) is 0.0556. The van der Waals surface area contributed by atoms with E-state index < -0.39 is 23.2 Å². The third-order valence-electron chi connectivity index (χ3n) is 3.47. The van der Waals surface area contributed by atoms with E-state index >= 15 is 0 Å². The third kappa shape index (κ3) is 3.75. The van der Waals surface area contributed by atoms with Gasteiger partial charge in [-0.15, -0.1) is 0 Å². The Hall–Kier alpha value is -3.55. The van der Waals surface area contributed by atoms with Crippen molar-refractivity contribution in [3.63, 3.8) is 0 Å². The first kappa shape index (κ1) is 17.3. The molecule has 0 bridgehead atoms. The van der Waals surface area contributed by atoms with E-state index in [1.54, 1.807) is 12.1 Å². The Morgan fingerprint density at radius 3 is 2.31 bits per heavy atom. The van der Waals surface area contributed by atoms with Crippen molar-refractivity contribution in [2.75, 3.05) is 17.7 Å². The normalized spacial score (nSPS) is 10.3. The number of nitrogens with one attached hydrogen (secondary N) is 2. The number of rotatable bonds is 5. The maximum atomic E-state index is 13.6. The van der Waals surface area contributed by atoms with Gasteiger partial charge in [0.1, 0.15) is 23.1 Å². The highest BCUT2D eigenvalue weighted by atomic mass is 19.1. The van der Waals surface area contributed by atoms with Crippen molar-refractivity contribution in [2.45, 2.75) is 0 Å². The molecule has 0 spiro atoms. The van der Waals surface area contributed by atoms with Gasteiger partial charge in [0.15, 0.2) is 0 Å². The summed E-state index contributed by atoms with van der Waals surface area (Å²) < 4.78 is 32.4. The molecule has 2 aromatic carbocycles. The molecule has 2 N–H and O–H groups in total. The molecule has 132 valence electrons. The molecule has 3 aromatic rings. The Bertz CT molecular complexity index is 912. The molecule has 0 aliphatic carbocycles. The van der Waals surface area contributed by atoms with Gasteiger partial charge in [-0.1, -0.05) is 18.2 Å². The molecule has 26 heavy (non-hydrogen) atoms. The van der Waals surface area contributed by atoms with Gasteiger partial charge < -0.3 is 15.4 Å². The number of amides is 1. The van der Waals surface area contributed by atoms with Gasteiger partial charge >= 0.3 is 0 Å². The van der Waals surface area contributed by atoms with Gasteiger partial charge in [0.2, 0.25) is 5.95 Å². The highest BCUT2D eigenvalue weighted by molar-refractivity contribution is 6.04. The first-order chi connectivity index (χ1) is 12.6. The first-order valence-electron chi connectivity index (χ1n) is 7.56. The Balaban J connectivity index is 1.74. The molecule has 8 heteroatoms. The Labute approximate surface area is 147 Å². The highest BCUT2D eigenvalue weighted by Gasteiger charge is 2.14. The van der Waals surface area contributed by atoms with E-state index in [1.165, 1.54) is 25.6 Å². The van der Waals surface area contributed by atoms with Crippen LogP contribution in [0.25, 0.3) is 0 Å². The summed E-state index contributed by atoms with van der Waals surface area (Å²) in [5.74, 6) is -1.61. The molecule has 3 rings (SSSR count). The van der Waals surface area contributed by atoms with Gasteiger partial charge in [-0.2, -0.15) is 0 Å². The molecule has 0 atom stereocenters. The SMILES string of the molecule is COc1ccccc1Nc1ncc(C(=O)Nc2c(F)cccc2F)cn1. The zero-order chi connectivity index (χ0) is 18.5. The van der Waals surface area contributed by atoms with Gasteiger partial charge in [-0.3, -0.25) is 4.79 Å². The van der Waals surface area contributed by atoms with Gasteiger partial charge in [0.25, 0.3) is 5.91 Å². The van der Waals surface area contributed by atoms with Crippen LogP contribution in [0.15, 0.2) is 54.9 Å². The molecule has 0 aliphatic rings. The lowest BCUT2D eigenvalue weighted by atomic mass is 10.2. The minimum atomic E-state index is -0.867. The van der Waals surface area contributed by atoms with Crippen molar-refractivity contribution in [1.82, 2.24) is 9.97 Å². The second kappa shape index (κ2) is 7.56.